The SMILES string of the molecule is COc1ccc(C2c3c(sc4ccccc4c3=O)N(c3ccccc3)C(=O)C2NC(=O)c2ccccc2)cc1. The zero-order chi connectivity index (χ0) is 26.9. The topological polar surface area (TPSA) is 75.7 Å². The summed E-state index contributed by atoms with van der Waals surface area (Å²) in [7, 11) is 1.58. The van der Waals surface area contributed by atoms with Crippen LogP contribution in [0.2, 0.25) is 0 Å². The van der Waals surface area contributed by atoms with Gasteiger partial charge in [0.05, 0.1) is 7.11 Å². The maximum atomic E-state index is 14.4. The van der Waals surface area contributed by atoms with Gasteiger partial charge < -0.3 is 10.1 Å². The Morgan fingerprint density at radius 3 is 2.15 bits per heavy atom. The van der Waals surface area contributed by atoms with E-state index in [1.807, 2.05) is 66.7 Å². The molecule has 0 bridgehead atoms. The van der Waals surface area contributed by atoms with Crippen LogP contribution in [0, 0.1) is 0 Å². The van der Waals surface area contributed by atoms with Crippen LogP contribution >= 0.6 is 11.3 Å². The van der Waals surface area contributed by atoms with Crippen molar-refractivity contribution < 1.29 is 14.3 Å². The molecule has 0 saturated heterocycles. The first-order valence-electron chi connectivity index (χ1n) is 12.5. The molecule has 192 valence electrons. The smallest absolute Gasteiger partial charge is 0.255 e. The number of amides is 2. The van der Waals surface area contributed by atoms with E-state index >= 15 is 0 Å². The number of ether oxygens (including phenoxy) is 1. The fourth-order valence-electron chi connectivity index (χ4n) is 5.08. The zero-order valence-corrected chi connectivity index (χ0v) is 21.9. The molecule has 2 unspecified atom stereocenters. The molecule has 5 aromatic rings. The number of nitrogens with zero attached hydrogens (tertiary/aromatic N) is 1. The molecule has 0 radical (unpaired) electrons. The molecule has 6 nitrogen and oxygen atoms in total. The number of carbonyl (C=O) groups is 2. The van der Waals surface area contributed by atoms with Gasteiger partial charge in [0.15, 0.2) is 5.43 Å². The van der Waals surface area contributed by atoms with Gasteiger partial charge in [-0.25, -0.2) is 0 Å². The number of rotatable bonds is 5. The number of carbonyl (C=O) groups excluding carboxylic acids is 2. The molecule has 0 spiro atoms. The average Bonchev–Trinajstić information content (AvgIpc) is 2.99. The van der Waals surface area contributed by atoms with E-state index in [9.17, 15) is 14.4 Å². The van der Waals surface area contributed by atoms with E-state index in [2.05, 4.69) is 5.32 Å². The summed E-state index contributed by atoms with van der Waals surface area (Å²) in [6, 6.07) is 31.7. The zero-order valence-electron chi connectivity index (χ0n) is 21.0. The molecule has 6 rings (SSSR count). The van der Waals surface area contributed by atoms with Crippen LogP contribution < -0.4 is 20.4 Å². The van der Waals surface area contributed by atoms with Gasteiger partial charge in [-0.15, -0.1) is 11.3 Å². The Labute approximate surface area is 229 Å². The number of hydrogen-bond acceptors (Lipinski definition) is 5. The number of fused-ring (bicyclic) bond motifs is 2. The van der Waals surface area contributed by atoms with E-state index in [1.165, 1.54) is 11.3 Å². The first kappa shape index (κ1) is 24.6. The molecule has 7 heteroatoms. The molecule has 1 aromatic heterocycles. The number of anilines is 2. The van der Waals surface area contributed by atoms with Gasteiger partial charge >= 0.3 is 0 Å². The molecule has 4 aromatic carbocycles. The minimum atomic E-state index is -1.03. The van der Waals surface area contributed by atoms with Gasteiger partial charge in [0.1, 0.15) is 16.8 Å². The van der Waals surface area contributed by atoms with Crippen molar-refractivity contribution in [3.05, 3.63) is 136 Å². The van der Waals surface area contributed by atoms with Gasteiger partial charge in [0.25, 0.3) is 11.8 Å². The highest BCUT2D eigenvalue weighted by Crippen LogP contribution is 2.46. The van der Waals surface area contributed by atoms with Gasteiger partial charge in [0, 0.05) is 32.8 Å². The predicted molar refractivity (Wildman–Crippen MR) is 154 cm³/mol. The number of benzene rings is 4. The van der Waals surface area contributed by atoms with Crippen LogP contribution in [0.5, 0.6) is 5.75 Å². The minimum absolute atomic E-state index is 0.160. The minimum Gasteiger partial charge on any atom is -0.497 e. The quantitative estimate of drug-likeness (QED) is 0.307. The predicted octanol–water partition coefficient (Wildman–Crippen LogP) is 5.88. The van der Waals surface area contributed by atoms with Gasteiger partial charge in [-0.05, 0) is 54.1 Å². The van der Waals surface area contributed by atoms with E-state index in [1.54, 1.807) is 54.5 Å². The molecular formula is C32H24N2O4S. The third-order valence-electron chi connectivity index (χ3n) is 6.96. The number of nitrogens with one attached hydrogen (secondary N) is 1. The Balaban J connectivity index is 1.62. The van der Waals surface area contributed by atoms with Crippen molar-refractivity contribution in [2.75, 3.05) is 12.0 Å². The van der Waals surface area contributed by atoms with Crippen molar-refractivity contribution in [1.82, 2.24) is 5.32 Å². The molecule has 2 heterocycles. The lowest BCUT2D eigenvalue weighted by Crippen LogP contribution is -2.54. The molecule has 0 saturated carbocycles. The van der Waals surface area contributed by atoms with Crippen molar-refractivity contribution in [2.24, 2.45) is 0 Å². The lowest BCUT2D eigenvalue weighted by atomic mass is 9.81. The second-order valence-corrected chi connectivity index (χ2v) is 10.3. The monoisotopic (exact) mass is 532 g/mol. The second-order valence-electron chi connectivity index (χ2n) is 9.22. The Hall–Kier alpha value is -4.75. The summed E-state index contributed by atoms with van der Waals surface area (Å²) in [6.07, 6.45) is 0. The van der Waals surface area contributed by atoms with Crippen LogP contribution in [0.4, 0.5) is 10.7 Å². The van der Waals surface area contributed by atoms with Crippen molar-refractivity contribution in [3.8, 4) is 5.75 Å². The number of para-hydroxylation sites is 1. The molecule has 1 aliphatic rings. The fraction of sp³-hybridized carbons (Fsp3) is 0.0938. The van der Waals surface area contributed by atoms with Gasteiger partial charge in [-0.1, -0.05) is 60.7 Å². The highest BCUT2D eigenvalue weighted by molar-refractivity contribution is 7.22. The molecule has 1 aliphatic heterocycles. The Morgan fingerprint density at radius 1 is 0.821 bits per heavy atom. The summed E-state index contributed by atoms with van der Waals surface area (Å²) in [5.41, 5.74) is 2.11. The van der Waals surface area contributed by atoms with Crippen molar-refractivity contribution in [2.45, 2.75) is 12.0 Å². The summed E-state index contributed by atoms with van der Waals surface area (Å²) in [4.78, 5) is 43.6. The van der Waals surface area contributed by atoms with E-state index < -0.39 is 12.0 Å². The van der Waals surface area contributed by atoms with Gasteiger partial charge in [0.2, 0.25) is 0 Å². The van der Waals surface area contributed by atoms with Crippen molar-refractivity contribution in [3.63, 3.8) is 0 Å². The summed E-state index contributed by atoms with van der Waals surface area (Å²) in [5.74, 6) is -0.759. The van der Waals surface area contributed by atoms with Crippen LogP contribution in [-0.2, 0) is 4.79 Å². The van der Waals surface area contributed by atoms with E-state index in [0.29, 0.717) is 33.0 Å². The molecule has 0 aliphatic carbocycles. The van der Waals surface area contributed by atoms with E-state index in [-0.39, 0.29) is 17.2 Å². The third-order valence-corrected chi connectivity index (χ3v) is 8.13. The van der Waals surface area contributed by atoms with Crippen LogP contribution in [0.25, 0.3) is 10.1 Å². The molecule has 2 amide bonds. The lowest BCUT2D eigenvalue weighted by Gasteiger charge is -2.39. The van der Waals surface area contributed by atoms with Crippen molar-refractivity contribution in [1.29, 1.82) is 0 Å². The van der Waals surface area contributed by atoms with Crippen LogP contribution in [-0.4, -0.2) is 25.0 Å². The number of methoxy groups -OCH3 is 1. The molecule has 1 N–H and O–H groups in total. The average molecular weight is 533 g/mol. The third kappa shape index (κ3) is 4.36. The summed E-state index contributed by atoms with van der Waals surface area (Å²) in [5, 5.41) is 4.12. The first-order valence-corrected chi connectivity index (χ1v) is 13.3. The fourth-order valence-corrected chi connectivity index (χ4v) is 6.33. The highest BCUT2D eigenvalue weighted by Gasteiger charge is 2.45. The van der Waals surface area contributed by atoms with Crippen LogP contribution in [0.1, 0.15) is 27.4 Å². The maximum Gasteiger partial charge on any atom is 0.255 e. The normalized spacial score (nSPS) is 16.5. The maximum absolute atomic E-state index is 14.4. The molecule has 0 fully saturated rings. The Morgan fingerprint density at radius 2 is 1.46 bits per heavy atom. The molecule has 2 atom stereocenters. The summed E-state index contributed by atoms with van der Waals surface area (Å²) >= 11 is 1.40. The van der Waals surface area contributed by atoms with Crippen molar-refractivity contribution >= 4 is 43.9 Å². The Bertz CT molecular complexity index is 1730. The first-order chi connectivity index (χ1) is 19.1. The standard InChI is InChI=1S/C32H24N2O4S/c1-38-23-18-16-20(17-19-23)26-27-29(35)24-14-8-9-15-25(24)39-32(27)34(22-12-6-3-7-13-22)31(37)28(26)33-30(36)21-10-4-2-5-11-21/h2-19,26,28H,1H3,(H,33,36). The molecular weight excluding hydrogens is 508 g/mol. The number of hydrogen-bond donors (Lipinski definition) is 1. The molecule has 39 heavy (non-hydrogen) atoms. The summed E-state index contributed by atoms with van der Waals surface area (Å²) in [6.45, 7) is 0. The second kappa shape index (κ2) is 10.2. The van der Waals surface area contributed by atoms with E-state index in [4.69, 9.17) is 4.74 Å². The van der Waals surface area contributed by atoms with E-state index in [0.717, 1.165) is 10.3 Å². The lowest BCUT2D eigenvalue weighted by molar-refractivity contribution is -0.120. The Kier molecular flexibility index (Phi) is 6.42. The largest absolute Gasteiger partial charge is 0.497 e. The summed E-state index contributed by atoms with van der Waals surface area (Å²) < 4.78 is 6.14. The van der Waals surface area contributed by atoms with Crippen LogP contribution in [0.15, 0.2) is 114 Å². The van der Waals surface area contributed by atoms with Crippen LogP contribution in [0.3, 0.4) is 0 Å². The van der Waals surface area contributed by atoms with Gasteiger partial charge in [-0.3, -0.25) is 19.3 Å². The van der Waals surface area contributed by atoms with Gasteiger partial charge in [-0.2, -0.15) is 0 Å². The highest BCUT2D eigenvalue weighted by atomic mass is 32.1.